The Kier molecular flexibility index (Phi) is 5.57. The smallest absolute Gasteiger partial charge is 0.253 e. The molecular weight excluding hydrogens is 368 g/mol. The van der Waals surface area contributed by atoms with E-state index < -0.39 is 0 Å². The summed E-state index contributed by atoms with van der Waals surface area (Å²) >= 11 is 0. The molecule has 1 aromatic rings. The molecule has 0 aromatic heterocycles. The van der Waals surface area contributed by atoms with Gasteiger partial charge < -0.3 is 14.5 Å². The number of carbonyl (C=O) groups is 2. The van der Waals surface area contributed by atoms with Crippen molar-refractivity contribution in [3.63, 3.8) is 0 Å². The summed E-state index contributed by atoms with van der Waals surface area (Å²) in [6.45, 7) is 4.95. The van der Waals surface area contributed by atoms with Gasteiger partial charge in [0.2, 0.25) is 5.91 Å². The molecule has 7 nitrogen and oxygen atoms in total. The highest BCUT2D eigenvalue weighted by molar-refractivity contribution is 5.94. The van der Waals surface area contributed by atoms with Crippen LogP contribution < -0.4 is 0 Å². The van der Waals surface area contributed by atoms with E-state index in [1.54, 1.807) is 24.3 Å². The lowest BCUT2D eigenvalue weighted by Crippen LogP contribution is -2.48. The number of rotatable bonds is 2. The van der Waals surface area contributed by atoms with Crippen LogP contribution in [0.2, 0.25) is 0 Å². The third-order valence-corrected chi connectivity index (χ3v) is 6.72. The van der Waals surface area contributed by atoms with Crippen LogP contribution in [0.3, 0.4) is 0 Å². The van der Waals surface area contributed by atoms with E-state index in [4.69, 9.17) is 10.00 Å². The fourth-order valence-corrected chi connectivity index (χ4v) is 4.96. The number of piperidine rings is 1. The van der Waals surface area contributed by atoms with Crippen LogP contribution in [0.1, 0.15) is 35.2 Å². The Balaban J connectivity index is 1.36. The summed E-state index contributed by atoms with van der Waals surface area (Å²) in [5, 5.41) is 8.92. The first-order chi connectivity index (χ1) is 14.0. The van der Waals surface area contributed by atoms with E-state index in [1.165, 1.54) is 0 Å². The number of ether oxygens (including phenoxy) is 1. The molecule has 0 saturated carbocycles. The maximum Gasteiger partial charge on any atom is 0.253 e. The first-order valence-corrected chi connectivity index (χ1v) is 10.4. The molecule has 3 saturated heterocycles. The maximum absolute atomic E-state index is 13.0. The monoisotopic (exact) mass is 396 g/mol. The fourth-order valence-electron chi connectivity index (χ4n) is 4.96. The lowest BCUT2D eigenvalue weighted by Gasteiger charge is -2.39. The van der Waals surface area contributed by atoms with Crippen LogP contribution in [-0.2, 0) is 9.53 Å². The van der Waals surface area contributed by atoms with Gasteiger partial charge in [-0.15, -0.1) is 0 Å². The zero-order chi connectivity index (χ0) is 20.4. The van der Waals surface area contributed by atoms with Crippen molar-refractivity contribution in [1.82, 2.24) is 14.7 Å². The van der Waals surface area contributed by atoms with E-state index in [-0.39, 0.29) is 23.3 Å². The van der Waals surface area contributed by atoms with Gasteiger partial charge in [-0.05, 0) is 56.0 Å². The maximum atomic E-state index is 13.0. The van der Waals surface area contributed by atoms with Gasteiger partial charge in [-0.25, -0.2) is 0 Å². The molecule has 1 atom stereocenters. The molecule has 0 radical (unpaired) electrons. The van der Waals surface area contributed by atoms with Crippen LogP contribution in [0.25, 0.3) is 0 Å². The van der Waals surface area contributed by atoms with Crippen LogP contribution in [0.15, 0.2) is 24.3 Å². The van der Waals surface area contributed by atoms with E-state index >= 15 is 0 Å². The summed E-state index contributed by atoms with van der Waals surface area (Å²) in [4.78, 5) is 31.8. The third-order valence-electron chi connectivity index (χ3n) is 6.72. The van der Waals surface area contributed by atoms with Gasteiger partial charge in [0.05, 0.1) is 30.9 Å². The number of likely N-dealkylation sites (tertiary alicyclic amines) is 2. The molecule has 1 unspecified atom stereocenters. The number of nitrogens with zero attached hydrogens (tertiary/aromatic N) is 4. The summed E-state index contributed by atoms with van der Waals surface area (Å²) in [6.07, 6.45) is 2.72. The first kappa shape index (κ1) is 19.9. The number of nitriles is 1. The number of likely N-dealkylation sites (N-methyl/N-ethyl adjacent to an activating group) is 1. The van der Waals surface area contributed by atoms with Gasteiger partial charge in [-0.1, -0.05) is 0 Å². The average Bonchev–Trinajstić information content (AvgIpc) is 3.09. The molecule has 0 bridgehead atoms. The molecule has 0 N–H and O–H groups in total. The SMILES string of the molecule is CN1CC2(CCN(C(=O)c3ccc(C#N)cc3)CC2)CC1C(=O)N1CCOCC1. The molecule has 2 amide bonds. The van der Waals surface area contributed by atoms with Gasteiger partial charge in [-0.3, -0.25) is 14.5 Å². The molecule has 154 valence electrons. The molecule has 3 aliphatic rings. The number of carbonyl (C=O) groups excluding carboxylic acids is 2. The van der Waals surface area contributed by atoms with Crippen LogP contribution in [-0.4, -0.2) is 85.5 Å². The van der Waals surface area contributed by atoms with Crippen molar-refractivity contribution in [2.75, 3.05) is 53.0 Å². The Hall–Kier alpha value is -2.43. The zero-order valence-electron chi connectivity index (χ0n) is 17.0. The standard InChI is InChI=1S/C22H28N4O3/c1-24-16-22(14-19(24)21(28)26-10-12-29-13-11-26)6-8-25(9-7-22)20(27)18-4-2-17(15-23)3-5-18/h2-5,19H,6-14,16H2,1H3. The quantitative estimate of drug-likeness (QED) is 0.754. The van der Waals surface area contributed by atoms with Gasteiger partial charge in [0.25, 0.3) is 5.91 Å². The molecular formula is C22H28N4O3. The number of benzene rings is 1. The molecule has 3 fully saturated rings. The Bertz CT molecular complexity index is 802. The zero-order valence-corrected chi connectivity index (χ0v) is 17.0. The van der Waals surface area contributed by atoms with E-state index in [2.05, 4.69) is 11.0 Å². The van der Waals surface area contributed by atoms with Crippen LogP contribution in [0.5, 0.6) is 0 Å². The molecule has 29 heavy (non-hydrogen) atoms. The summed E-state index contributed by atoms with van der Waals surface area (Å²) in [7, 11) is 2.05. The summed E-state index contributed by atoms with van der Waals surface area (Å²) < 4.78 is 5.37. The average molecular weight is 396 g/mol. The van der Waals surface area contributed by atoms with E-state index in [0.717, 1.165) is 25.8 Å². The Morgan fingerprint density at radius 1 is 1.07 bits per heavy atom. The minimum absolute atomic E-state index is 0.0247. The van der Waals surface area contributed by atoms with Crippen LogP contribution in [0.4, 0.5) is 0 Å². The largest absolute Gasteiger partial charge is 0.378 e. The second-order valence-electron chi connectivity index (χ2n) is 8.55. The van der Waals surface area contributed by atoms with Crippen LogP contribution in [0, 0.1) is 16.7 Å². The molecule has 7 heteroatoms. The highest BCUT2D eigenvalue weighted by atomic mass is 16.5. The number of hydrogen-bond donors (Lipinski definition) is 0. The lowest BCUT2D eigenvalue weighted by molar-refractivity contribution is -0.139. The van der Waals surface area contributed by atoms with Crippen molar-refractivity contribution in [2.45, 2.75) is 25.3 Å². The summed E-state index contributed by atoms with van der Waals surface area (Å²) in [5.41, 5.74) is 1.30. The van der Waals surface area contributed by atoms with Crippen molar-refractivity contribution in [3.8, 4) is 6.07 Å². The lowest BCUT2D eigenvalue weighted by atomic mass is 9.76. The molecule has 0 aliphatic carbocycles. The van der Waals surface area contributed by atoms with E-state index in [9.17, 15) is 9.59 Å². The first-order valence-electron chi connectivity index (χ1n) is 10.4. The predicted molar refractivity (Wildman–Crippen MR) is 107 cm³/mol. The van der Waals surface area contributed by atoms with Gasteiger partial charge >= 0.3 is 0 Å². The fraction of sp³-hybridized carbons (Fsp3) is 0.591. The number of hydrogen-bond acceptors (Lipinski definition) is 5. The summed E-state index contributed by atoms with van der Waals surface area (Å²) in [6, 6.07) is 8.85. The molecule has 4 rings (SSSR count). The van der Waals surface area contributed by atoms with Crippen molar-refractivity contribution >= 4 is 11.8 Å². The third kappa shape index (κ3) is 4.00. The van der Waals surface area contributed by atoms with Crippen LogP contribution >= 0.6 is 0 Å². The van der Waals surface area contributed by atoms with E-state index in [1.807, 2.05) is 16.8 Å². The summed E-state index contributed by atoms with van der Waals surface area (Å²) in [5.74, 6) is 0.250. The number of morpholine rings is 1. The van der Waals surface area contributed by atoms with Gasteiger partial charge in [-0.2, -0.15) is 5.26 Å². The predicted octanol–water partition coefficient (Wildman–Crippen LogP) is 1.34. The van der Waals surface area contributed by atoms with Gasteiger partial charge in [0.15, 0.2) is 0 Å². The van der Waals surface area contributed by atoms with Crippen molar-refractivity contribution in [1.29, 1.82) is 5.26 Å². The van der Waals surface area contributed by atoms with E-state index in [0.29, 0.717) is 50.5 Å². The molecule has 1 spiro atoms. The Labute approximate surface area is 171 Å². The van der Waals surface area contributed by atoms with Gasteiger partial charge in [0.1, 0.15) is 0 Å². The molecule has 3 aliphatic heterocycles. The second kappa shape index (κ2) is 8.13. The highest BCUT2D eigenvalue weighted by Crippen LogP contribution is 2.43. The normalized spacial score (nSPS) is 24.5. The topological polar surface area (TPSA) is 76.9 Å². The minimum atomic E-state index is -0.0612. The Morgan fingerprint density at radius 3 is 2.34 bits per heavy atom. The molecule has 1 aromatic carbocycles. The minimum Gasteiger partial charge on any atom is -0.378 e. The molecule has 3 heterocycles. The van der Waals surface area contributed by atoms with Crippen molar-refractivity contribution in [2.24, 2.45) is 5.41 Å². The Morgan fingerprint density at radius 2 is 1.72 bits per heavy atom. The second-order valence-corrected chi connectivity index (χ2v) is 8.55. The van der Waals surface area contributed by atoms with Crippen molar-refractivity contribution in [3.05, 3.63) is 35.4 Å². The van der Waals surface area contributed by atoms with Gasteiger partial charge in [0, 0.05) is 38.3 Å². The van der Waals surface area contributed by atoms with Crippen molar-refractivity contribution < 1.29 is 14.3 Å². The number of amides is 2. The highest BCUT2D eigenvalue weighted by Gasteiger charge is 2.48.